The van der Waals surface area contributed by atoms with Crippen LogP contribution in [0.5, 0.6) is 17.2 Å². The highest BCUT2D eigenvalue weighted by Crippen LogP contribution is 2.72. The van der Waals surface area contributed by atoms with Gasteiger partial charge in [0.1, 0.15) is 35.0 Å². The molecule has 1 saturated heterocycles. The van der Waals surface area contributed by atoms with E-state index in [1.165, 1.54) is 27.2 Å². The van der Waals surface area contributed by atoms with Crippen molar-refractivity contribution in [2.75, 3.05) is 14.2 Å². The minimum atomic E-state index is -1.79. The summed E-state index contributed by atoms with van der Waals surface area (Å²) in [6.07, 6.45) is 2.40. The third kappa shape index (κ3) is 3.64. The summed E-state index contributed by atoms with van der Waals surface area (Å²) in [5.41, 5.74) is -4.33. The molecule has 4 fully saturated rings. The third-order valence-electron chi connectivity index (χ3n) is 11.5. The number of ether oxygens (including phenoxy) is 5. The van der Waals surface area contributed by atoms with Gasteiger partial charge in [-0.3, -0.25) is 9.59 Å². The highest BCUT2D eigenvalue weighted by Gasteiger charge is 2.90. The molecule has 1 spiro atoms. The molecule has 1 aromatic carbocycles. The van der Waals surface area contributed by atoms with Crippen LogP contribution in [0, 0.1) is 11.8 Å². The predicted molar refractivity (Wildman–Crippen MR) is 163 cm³/mol. The van der Waals surface area contributed by atoms with Crippen LogP contribution in [0.1, 0.15) is 89.7 Å². The minimum Gasteiger partial charge on any atom is -0.507 e. The summed E-state index contributed by atoms with van der Waals surface area (Å²) in [5, 5.41) is 21.6. The molecule has 2 N–H and O–H groups in total. The maximum absolute atomic E-state index is 15.2. The zero-order valence-corrected chi connectivity index (χ0v) is 27.7. The molecule has 3 aliphatic heterocycles. The monoisotopic (exact) mass is 624 g/mol. The zero-order valence-electron chi connectivity index (χ0n) is 27.7. The summed E-state index contributed by atoms with van der Waals surface area (Å²) in [7, 11) is 2.86. The van der Waals surface area contributed by atoms with Crippen LogP contribution in [0.4, 0.5) is 0 Å². The van der Waals surface area contributed by atoms with Gasteiger partial charge < -0.3 is 33.9 Å². The maximum atomic E-state index is 15.2. The molecule has 3 saturated carbocycles. The number of hydrogen-bond donors (Lipinski definition) is 2. The van der Waals surface area contributed by atoms with E-state index in [2.05, 4.69) is 0 Å². The normalized spacial score (nSPS) is 36.5. The molecule has 7 rings (SSSR count). The van der Waals surface area contributed by atoms with Crippen LogP contribution in [0.15, 0.2) is 23.3 Å². The molecule has 0 amide bonds. The number of hydrogen-bond acceptors (Lipinski definition) is 9. The number of aliphatic carboxylic acids is 1. The van der Waals surface area contributed by atoms with E-state index in [1.54, 1.807) is 0 Å². The van der Waals surface area contributed by atoms with Gasteiger partial charge in [-0.05, 0) is 54.4 Å². The summed E-state index contributed by atoms with van der Waals surface area (Å²) in [4.78, 5) is 42.0. The summed E-state index contributed by atoms with van der Waals surface area (Å²) >= 11 is 0. The number of benzene rings is 1. The molecule has 7 atom stereocenters. The Morgan fingerprint density at radius 3 is 2.31 bits per heavy atom. The first-order valence-corrected chi connectivity index (χ1v) is 15.6. The first-order chi connectivity index (χ1) is 20.9. The van der Waals surface area contributed by atoms with Gasteiger partial charge in [-0.25, -0.2) is 4.79 Å². The highest BCUT2D eigenvalue weighted by atomic mass is 16.6. The van der Waals surface area contributed by atoms with E-state index >= 15 is 4.79 Å². The first-order valence-electron chi connectivity index (χ1n) is 15.6. The van der Waals surface area contributed by atoms with Crippen LogP contribution in [0.3, 0.4) is 0 Å². The summed E-state index contributed by atoms with van der Waals surface area (Å²) in [6.45, 7) is 15.0. The van der Waals surface area contributed by atoms with E-state index in [4.69, 9.17) is 23.7 Å². The molecule has 3 heterocycles. The van der Waals surface area contributed by atoms with Crippen LogP contribution in [0.2, 0.25) is 0 Å². The average molecular weight is 625 g/mol. The van der Waals surface area contributed by atoms with E-state index in [0.717, 1.165) is 5.57 Å². The Hall–Kier alpha value is -3.21. The number of carbonyl (C=O) groups is 3. The molecule has 1 aromatic rings. The van der Waals surface area contributed by atoms with Crippen LogP contribution in [0.25, 0.3) is 0 Å². The number of carboxylic acid groups (broad SMARTS) is 1. The number of Topliss-reactive ketones (excluding diaryl/α,β-unsaturated/α-hetero) is 2. The van der Waals surface area contributed by atoms with E-state index < -0.39 is 63.3 Å². The van der Waals surface area contributed by atoms with Crippen LogP contribution in [-0.4, -0.2) is 76.6 Å². The lowest BCUT2D eigenvalue weighted by Crippen LogP contribution is -2.86. The largest absolute Gasteiger partial charge is 0.507 e. The Kier molecular flexibility index (Phi) is 6.81. The topological polar surface area (TPSA) is 138 Å². The number of ketones is 2. The molecule has 3 aliphatic carbocycles. The lowest BCUT2D eigenvalue weighted by Gasteiger charge is -2.65. The molecule has 4 bridgehead atoms. The van der Waals surface area contributed by atoms with Gasteiger partial charge in [0.2, 0.25) is 5.78 Å². The average Bonchev–Trinajstić information content (AvgIpc) is 3.28. The van der Waals surface area contributed by atoms with Crippen molar-refractivity contribution in [1.82, 2.24) is 0 Å². The van der Waals surface area contributed by atoms with Crippen LogP contribution >= 0.6 is 0 Å². The van der Waals surface area contributed by atoms with Gasteiger partial charge in [-0.1, -0.05) is 31.6 Å². The fraction of sp³-hybridized carbons (Fsp3) is 0.629. The van der Waals surface area contributed by atoms with Crippen molar-refractivity contribution in [2.24, 2.45) is 11.8 Å². The molecule has 244 valence electrons. The third-order valence-corrected chi connectivity index (χ3v) is 11.5. The Bertz CT molecular complexity index is 1600. The van der Waals surface area contributed by atoms with Crippen molar-refractivity contribution in [3.05, 3.63) is 40.0 Å². The molecule has 45 heavy (non-hydrogen) atoms. The van der Waals surface area contributed by atoms with E-state index in [0.29, 0.717) is 23.3 Å². The fourth-order valence-electron chi connectivity index (χ4n) is 8.95. The number of phenols is 1. The minimum absolute atomic E-state index is 0.0273. The smallest absolute Gasteiger partial charge is 0.330 e. The van der Waals surface area contributed by atoms with Crippen molar-refractivity contribution in [1.29, 1.82) is 0 Å². The molecule has 10 nitrogen and oxygen atoms in total. The Morgan fingerprint density at radius 2 is 1.73 bits per heavy atom. The van der Waals surface area contributed by atoms with Crippen LogP contribution < -0.4 is 9.47 Å². The van der Waals surface area contributed by atoms with Crippen molar-refractivity contribution in [3.63, 3.8) is 0 Å². The number of allylic oxidation sites excluding steroid dienone is 2. The highest BCUT2D eigenvalue weighted by molar-refractivity contribution is 6.11. The first kappa shape index (κ1) is 31.8. The second-order valence-corrected chi connectivity index (χ2v) is 14.7. The molecule has 10 heteroatoms. The van der Waals surface area contributed by atoms with Gasteiger partial charge in [-0.15, -0.1) is 0 Å². The van der Waals surface area contributed by atoms with Gasteiger partial charge in [0.15, 0.2) is 22.6 Å². The molecule has 0 radical (unpaired) electrons. The van der Waals surface area contributed by atoms with E-state index in [9.17, 15) is 19.8 Å². The number of fused-ring (bicyclic) bond motifs is 3. The molecule has 6 aliphatic rings. The Balaban J connectivity index is 1.72. The standard InChI is InChI=1S/C35H44O10/c1-16(2)11-12-19-24(36)21-25(37)22-28(41-9)33(42-10)15-20-32(7,8)45-34(30(33)40,14-13-17(3)29(38)39)35(20,22)44-27(21)23-26(19)43-18(4)31(23,5)6/h11,13,18,20,22,28,36H,12,14-15H2,1-10H3,(H,38,39)/b17-13-/t18-,20-,22-,28-,33-,34+,35+/m0/s1. The van der Waals surface area contributed by atoms with E-state index in [-0.39, 0.29) is 41.6 Å². The van der Waals surface area contributed by atoms with Crippen molar-refractivity contribution < 1.29 is 48.3 Å². The van der Waals surface area contributed by atoms with Gasteiger partial charge in [0.05, 0.1) is 11.5 Å². The predicted octanol–water partition coefficient (Wildman–Crippen LogP) is 4.86. The number of aromatic hydroxyl groups is 1. The number of methoxy groups -OCH3 is 2. The maximum Gasteiger partial charge on any atom is 0.330 e. The molecular weight excluding hydrogens is 580 g/mol. The van der Waals surface area contributed by atoms with Gasteiger partial charge in [-0.2, -0.15) is 0 Å². The number of carboxylic acids is 1. The van der Waals surface area contributed by atoms with Gasteiger partial charge in [0, 0.05) is 48.7 Å². The number of carbonyl (C=O) groups excluding carboxylic acids is 2. The van der Waals surface area contributed by atoms with E-state index in [1.807, 2.05) is 54.5 Å². The number of rotatable bonds is 7. The lowest BCUT2D eigenvalue weighted by molar-refractivity contribution is -0.267. The van der Waals surface area contributed by atoms with Crippen molar-refractivity contribution >= 4 is 17.5 Å². The second-order valence-electron chi connectivity index (χ2n) is 14.7. The van der Waals surface area contributed by atoms with Crippen LogP contribution in [-0.2, 0) is 35.6 Å². The zero-order chi connectivity index (χ0) is 33.2. The Morgan fingerprint density at radius 1 is 1.07 bits per heavy atom. The molecule has 0 aromatic heterocycles. The van der Waals surface area contributed by atoms with Crippen molar-refractivity contribution in [2.45, 2.75) is 115 Å². The summed E-state index contributed by atoms with van der Waals surface area (Å²) in [6, 6.07) is 0. The summed E-state index contributed by atoms with van der Waals surface area (Å²) in [5.74, 6) is -3.23. The molecule has 0 unspecified atom stereocenters. The van der Waals surface area contributed by atoms with Gasteiger partial charge in [0.25, 0.3) is 0 Å². The quantitative estimate of drug-likeness (QED) is 0.320. The number of phenolic OH excluding ortho intramolecular Hbond substituents is 1. The Labute approximate surface area is 263 Å². The SMILES string of the molecule is CO[C@H]1[C@@H]2C(=O)c3c(O)c(CC=C(C)C)c4c(c3O[C@]23[C@H]2C[C@@]1(OC)C(=O)[C@@]3(C/C=C(/C)C(=O)O)OC2(C)C)C(C)(C)[C@H](C)O4. The van der Waals surface area contributed by atoms with Crippen molar-refractivity contribution in [3.8, 4) is 17.2 Å². The lowest BCUT2D eigenvalue weighted by atomic mass is 9.44. The second kappa shape index (κ2) is 9.65. The summed E-state index contributed by atoms with van der Waals surface area (Å²) < 4.78 is 32.5. The molecular formula is C35H44O10. The van der Waals surface area contributed by atoms with Gasteiger partial charge >= 0.3 is 5.97 Å². The fourth-order valence-corrected chi connectivity index (χ4v) is 8.95.